The second kappa shape index (κ2) is 3.85. The van der Waals surface area contributed by atoms with Gasteiger partial charge in [-0.05, 0) is 11.6 Å². The van der Waals surface area contributed by atoms with Crippen molar-refractivity contribution in [2.75, 3.05) is 0 Å². The zero-order valence-corrected chi connectivity index (χ0v) is 8.01. The molecule has 2 aromatic carbocycles. The van der Waals surface area contributed by atoms with E-state index in [9.17, 15) is 5.11 Å². The van der Waals surface area contributed by atoms with E-state index in [1.165, 1.54) is 0 Å². The van der Waals surface area contributed by atoms with Crippen LogP contribution in [-0.2, 0) is 0 Å². The molecule has 0 radical (unpaired) electrons. The van der Waals surface area contributed by atoms with Crippen LogP contribution in [0, 0.1) is 11.3 Å². The maximum absolute atomic E-state index is 9.82. The molecule has 1 N–H and O–H groups in total. The van der Waals surface area contributed by atoms with Crippen molar-refractivity contribution >= 4 is 0 Å². The van der Waals surface area contributed by atoms with E-state index in [-0.39, 0.29) is 5.75 Å². The Hall–Kier alpha value is -2.27. The van der Waals surface area contributed by atoms with Crippen LogP contribution in [0.3, 0.4) is 0 Å². The molecule has 2 nitrogen and oxygen atoms in total. The molecule has 0 fully saturated rings. The van der Waals surface area contributed by atoms with Gasteiger partial charge in [0.2, 0.25) is 0 Å². The van der Waals surface area contributed by atoms with Gasteiger partial charge in [0.15, 0.2) is 0 Å². The van der Waals surface area contributed by atoms with Gasteiger partial charge in [-0.15, -0.1) is 0 Å². The molecule has 0 saturated carbocycles. The molecule has 0 amide bonds. The Balaban J connectivity index is 2.61. The molecule has 0 bridgehead atoms. The smallest absolute Gasteiger partial charge is 0.141 e. The average Bonchev–Trinajstić information content (AvgIpc) is 2.30. The van der Waals surface area contributed by atoms with Gasteiger partial charge in [0.1, 0.15) is 11.8 Å². The maximum atomic E-state index is 9.82. The minimum Gasteiger partial charge on any atom is -0.506 e. The number of aromatic hydroxyl groups is 1. The summed E-state index contributed by atoms with van der Waals surface area (Å²) in [4.78, 5) is 0. The number of nitrogens with zero attached hydrogens (tertiary/aromatic N) is 1. The molecule has 2 aromatic rings. The minimum absolute atomic E-state index is 0.0474. The predicted molar refractivity (Wildman–Crippen MR) is 58.3 cm³/mol. The summed E-state index contributed by atoms with van der Waals surface area (Å²) in [6.45, 7) is 0. The standard InChI is InChI=1S/C13H9NO/c14-9-11-7-4-8-12(13(11)15)10-5-2-1-3-6-10/h1-8,15H. The summed E-state index contributed by atoms with van der Waals surface area (Å²) in [5.41, 5.74) is 1.90. The summed E-state index contributed by atoms with van der Waals surface area (Å²) in [5.74, 6) is 0.0474. The van der Waals surface area contributed by atoms with Crippen LogP contribution in [0.25, 0.3) is 11.1 Å². The molecule has 0 aliphatic heterocycles. The molecule has 2 rings (SSSR count). The van der Waals surface area contributed by atoms with E-state index < -0.39 is 0 Å². The lowest BCUT2D eigenvalue weighted by Gasteiger charge is -2.05. The molecule has 0 aliphatic rings. The average molecular weight is 195 g/mol. The molecule has 0 aliphatic carbocycles. The number of phenols is 1. The number of nitriles is 1. The van der Waals surface area contributed by atoms with Gasteiger partial charge in [0.25, 0.3) is 0 Å². The van der Waals surface area contributed by atoms with Crippen LogP contribution in [0.2, 0.25) is 0 Å². The zero-order valence-electron chi connectivity index (χ0n) is 8.01. The van der Waals surface area contributed by atoms with Crippen LogP contribution in [0.4, 0.5) is 0 Å². The van der Waals surface area contributed by atoms with Crippen LogP contribution in [0.15, 0.2) is 48.5 Å². The van der Waals surface area contributed by atoms with Gasteiger partial charge in [-0.25, -0.2) is 0 Å². The molecule has 2 heteroatoms. The Kier molecular flexibility index (Phi) is 2.38. The molecule has 0 unspecified atom stereocenters. The van der Waals surface area contributed by atoms with Crippen LogP contribution in [0.5, 0.6) is 5.75 Å². The molecule has 15 heavy (non-hydrogen) atoms. The van der Waals surface area contributed by atoms with Crippen LogP contribution in [-0.4, -0.2) is 5.11 Å². The van der Waals surface area contributed by atoms with Crippen molar-refractivity contribution in [1.29, 1.82) is 5.26 Å². The molecular formula is C13H9NO. The zero-order chi connectivity index (χ0) is 10.7. The Morgan fingerprint density at radius 1 is 0.933 bits per heavy atom. The summed E-state index contributed by atoms with van der Waals surface area (Å²) < 4.78 is 0. The number of para-hydroxylation sites is 1. The van der Waals surface area contributed by atoms with Crippen molar-refractivity contribution in [1.82, 2.24) is 0 Å². The Labute approximate surface area is 88.0 Å². The predicted octanol–water partition coefficient (Wildman–Crippen LogP) is 2.93. The van der Waals surface area contributed by atoms with Crippen molar-refractivity contribution in [2.24, 2.45) is 0 Å². The molecule has 0 spiro atoms. The van der Waals surface area contributed by atoms with E-state index >= 15 is 0 Å². The number of rotatable bonds is 1. The third kappa shape index (κ3) is 1.68. The van der Waals surface area contributed by atoms with E-state index in [1.54, 1.807) is 18.2 Å². The SMILES string of the molecule is N#Cc1cccc(-c2ccccc2)c1O. The van der Waals surface area contributed by atoms with Crippen molar-refractivity contribution in [3.05, 3.63) is 54.1 Å². The topological polar surface area (TPSA) is 44.0 Å². The fourth-order valence-corrected chi connectivity index (χ4v) is 1.48. The number of phenolic OH excluding ortho intramolecular Hbond substituents is 1. The Morgan fingerprint density at radius 3 is 2.33 bits per heavy atom. The van der Waals surface area contributed by atoms with E-state index in [0.717, 1.165) is 5.56 Å². The maximum Gasteiger partial charge on any atom is 0.141 e. The largest absolute Gasteiger partial charge is 0.506 e. The molecular weight excluding hydrogens is 186 g/mol. The first-order chi connectivity index (χ1) is 7.33. The summed E-state index contributed by atoms with van der Waals surface area (Å²) in [5, 5.41) is 18.6. The van der Waals surface area contributed by atoms with E-state index in [2.05, 4.69) is 0 Å². The second-order valence-electron chi connectivity index (χ2n) is 3.18. The molecule has 72 valence electrons. The normalized spacial score (nSPS) is 9.53. The van der Waals surface area contributed by atoms with Crippen LogP contribution >= 0.6 is 0 Å². The van der Waals surface area contributed by atoms with Crippen molar-refractivity contribution in [3.8, 4) is 22.9 Å². The summed E-state index contributed by atoms with van der Waals surface area (Å²) in [7, 11) is 0. The van der Waals surface area contributed by atoms with Gasteiger partial charge < -0.3 is 5.11 Å². The third-order valence-electron chi connectivity index (χ3n) is 2.24. The first-order valence-electron chi connectivity index (χ1n) is 4.60. The fraction of sp³-hybridized carbons (Fsp3) is 0. The number of hydrogen-bond donors (Lipinski definition) is 1. The lowest BCUT2D eigenvalue weighted by atomic mass is 10.0. The Morgan fingerprint density at radius 2 is 1.67 bits per heavy atom. The highest BCUT2D eigenvalue weighted by molar-refractivity contribution is 5.73. The summed E-state index contributed by atoms with van der Waals surface area (Å²) in [6.07, 6.45) is 0. The first-order valence-corrected chi connectivity index (χ1v) is 4.60. The monoisotopic (exact) mass is 195 g/mol. The summed E-state index contributed by atoms with van der Waals surface area (Å²) in [6, 6.07) is 16.6. The lowest BCUT2D eigenvalue weighted by molar-refractivity contribution is 0.475. The van der Waals surface area contributed by atoms with E-state index in [1.807, 2.05) is 36.4 Å². The molecule has 0 saturated heterocycles. The first kappa shape index (κ1) is 9.29. The quantitative estimate of drug-likeness (QED) is 0.760. The van der Waals surface area contributed by atoms with Gasteiger partial charge in [-0.2, -0.15) is 5.26 Å². The van der Waals surface area contributed by atoms with E-state index in [4.69, 9.17) is 5.26 Å². The highest BCUT2D eigenvalue weighted by atomic mass is 16.3. The minimum atomic E-state index is 0.0474. The Bertz CT molecular complexity index is 512. The van der Waals surface area contributed by atoms with Gasteiger partial charge in [0.05, 0.1) is 5.56 Å². The van der Waals surface area contributed by atoms with Crippen molar-refractivity contribution < 1.29 is 5.11 Å². The highest BCUT2D eigenvalue weighted by Crippen LogP contribution is 2.31. The van der Waals surface area contributed by atoms with Gasteiger partial charge in [-0.3, -0.25) is 0 Å². The van der Waals surface area contributed by atoms with Crippen LogP contribution < -0.4 is 0 Å². The van der Waals surface area contributed by atoms with E-state index in [0.29, 0.717) is 11.1 Å². The summed E-state index contributed by atoms with van der Waals surface area (Å²) >= 11 is 0. The second-order valence-corrected chi connectivity index (χ2v) is 3.18. The molecule has 0 heterocycles. The van der Waals surface area contributed by atoms with Gasteiger partial charge in [0, 0.05) is 5.56 Å². The number of hydrogen-bond acceptors (Lipinski definition) is 2. The van der Waals surface area contributed by atoms with Gasteiger partial charge in [-0.1, -0.05) is 42.5 Å². The van der Waals surface area contributed by atoms with Gasteiger partial charge >= 0.3 is 0 Å². The van der Waals surface area contributed by atoms with Crippen molar-refractivity contribution in [2.45, 2.75) is 0 Å². The fourth-order valence-electron chi connectivity index (χ4n) is 1.48. The van der Waals surface area contributed by atoms with Crippen LogP contribution in [0.1, 0.15) is 5.56 Å². The third-order valence-corrected chi connectivity index (χ3v) is 2.24. The molecule has 0 atom stereocenters. The molecule has 0 aromatic heterocycles. The highest BCUT2D eigenvalue weighted by Gasteiger charge is 2.07. The number of benzene rings is 2. The lowest BCUT2D eigenvalue weighted by Crippen LogP contribution is -1.82. The van der Waals surface area contributed by atoms with Crippen molar-refractivity contribution in [3.63, 3.8) is 0 Å².